The lowest BCUT2D eigenvalue weighted by Gasteiger charge is -2.25. The number of hydrogen-bond donors (Lipinski definition) is 1. The highest BCUT2D eigenvalue weighted by atomic mass is 32.2. The Kier molecular flexibility index (Phi) is 6.02. The van der Waals surface area contributed by atoms with E-state index < -0.39 is 0 Å². The standard InChI is InChI=1S/C10H22OS/c1-5-12-7-6-10(3,4)8-9(2)11/h9,11H,5-8H2,1-4H3. The number of aliphatic hydroxyl groups is 1. The van der Waals surface area contributed by atoms with Crippen molar-refractivity contribution < 1.29 is 5.11 Å². The molecule has 1 atom stereocenters. The third kappa shape index (κ3) is 6.99. The summed E-state index contributed by atoms with van der Waals surface area (Å²) in [6.45, 7) is 8.52. The fourth-order valence-corrected chi connectivity index (χ4v) is 2.38. The first-order valence-electron chi connectivity index (χ1n) is 4.74. The van der Waals surface area contributed by atoms with E-state index in [4.69, 9.17) is 0 Å². The molecule has 0 aromatic heterocycles. The average molecular weight is 190 g/mol. The van der Waals surface area contributed by atoms with Gasteiger partial charge in [-0.25, -0.2) is 0 Å². The Balaban J connectivity index is 3.56. The maximum Gasteiger partial charge on any atom is 0.0517 e. The van der Waals surface area contributed by atoms with Crippen molar-refractivity contribution in [3.05, 3.63) is 0 Å². The molecule has 0 fully saturated rings. The van der Waals surface area contributed by atoms with Crippen LogP contribution in [-0.4, -0.2) is 22.7 Å². The molecule has 12 heavy (non-hydrogen) atoms. The van der Waals surface area contributed by atoms with Crippen molar-refractivity contribution >= 4 is 11.8 Å². The van der Waals surface area contributed by atoms with Crippen LogP contribution in [0.25, 0.3) is 0 Å². The average Bonchev–Trinajstić information content (AvgIpc) is 1.84. The van der Waals surface area contributed by atoms with Gasteiger partial charge in [-0.15, -0.1) is 0 Å². The first kappa shape index (κ1) is 12.3. The van der Waals surface area contributed by atoms with Crippen LogP contribution < -0.4 is 0 Å². The second-order valence-corrected chi connectivity index (χ2v) is 5.56. The molecule has 0 aliphatic rings. The van der Waals surface area contributed by atoms with E-state index in [1.807, 2.05) is 18.7 Å². The van der Waals surface area contributed by atoms with Crippen molar-refractivity contribution in [3.63, 3.8) is 0 Å². The second kappa shape index (κ2) is 5.87. The third-order valence-electron chi connectivity index (χ3n) is 1.98. The van der Waals surface area contributed by atoms with Crippen molar-refractivity contribution in [2.45, 2.75) is 46.6 Å². The quantitative estimate of drug-likeness (QED) is 0.650. The van der Waals surface area contributed by atoms with Crippen LogP contribution in [0.4, 0.5) is 0 Å². The molecular weight excluding hydrogens is 168 g/mol. The highest BCUT2D eigenvalue weighted by molar-refractivity contribution is 7.99. The van der Waals surface area contributed by atoms with Gasteiger partial charge < -0.3 is 5.11 Å². The Hall–Kier alpha value is 0.310. The van der Waals surface area contributed by atoms with Crippen LogP contribution in [0.2, 0.25) is 0 Å². The summed E-state index contributed by atoms with van der Waals surface area (Å²) in [5.74, 6) is 2.42. The van der Waals surface area contributed by atoms with Crippen LogP contribution in [0.3, 0.4) is 0 Å². The predicted octanol–water partition coefficient (Wildman–Crippen LogP) is 2.93. The van der Waals surface area contributed by atoms with Crippen molar-refractivity contribution in [3.8, 4) is 0 Å². The van der Waals surface area contributed by atoms with Gasteiger partial charge in [0.15, 0.2) is 0 Å². The highest BCUT2D eigenvalue weighted by Crippen LogP contribution is 2.28. The minimum absolute atomic E-state index is 0.161. The van der Waals surface area contributed by atoms with Crippen molar-refractivity contribution in [1.29, 1.82) is 0 Å². The molecule has 0 rings (SSSR count). The van der Waals surface area contributed by atoms with Gasteiger partial charge >= 0.3 is 0 Å². The first-order chi connectivity index (χ1) is 5.48. The summed E-state index contributed by atoms with van der Waals surface area (Å²) in [7, 11) is 0. The van der Waals surface area contributed by atoms with E-state index in [0.717, 1.165) is 6.42 Å². The van der Waals surface area contributed by atoms with E-state index in [9.17, 15) is 5.11 Å². The van der Waals surface area contributed by atoms with Gasteiger partial charge in [-0.3, -0.25) is 0 Å². The number of aliphatic hydroxyl groups excluding tert-OH is 1. The molecular formula is C10H22OS. The molecule has 2 heteroatoms. The van der Waals surface area contributed by atoms with Crippen LogP contribution >= 0.6 is 11.8 Å². The molecule has 0 aliphatic carbocycles. The third-order valence-corrected chi connectivity index (χ3v) is 2.88. The molecule has 74 valence electrons. The Morgan fingerprint density at radius 3 is 2.42 bits per heavy atom. The van der Waals surface area contributed by atoms with Gasteiger partial charge in [0.05, 0.1) is 6.10 Å². The fourth-order valence-electron chi connectivity index (χ4n) is 1.39. The van der Waals surface area contributed by atoms with Crippen molar-refractivity contribution in [1.82, 2.24) is 0 Å². The van der Waals surface area contributed by atoms with Crippen molar-refractivity contribution in [2.75, 3.05) is 11.5 Å². The summed E-state index contributed by atoms with van der Waals surface area (Å²) >= 11 is 1.98. The number of rotatable bonds is 6. The van der Waals surface area contributed by atoms with E-state index >= 15 is 0 Å². The number of hydrogen-bond acceptors (Lipinski definition) is 2. The zero-order chi connectivity index (χ0) is 9.61. The summed E-state index contributed by atoms with van der Waals surface area (Å²) < 4.78 is 0. The molecule has 0 aromatic rings. The minimum Gasteiger partial charge on any atom is -0.393 e. The first-order valence-corrected chi connectivity index (χ1v) is 5.89. The van der Waals surface area contributed by atoms with Gasteiger partial charge in [-0.1, -0.05) is 20.8 Å². The molecule has 1 N–H and O–H groups in total. The molecule has 0 heterocycles. The van der Waals surface area contributed by atoms with Crippen LogP contribution in [0.5, 0.6) is 0 Å². The van der Waals surface area contributed by atoms with E-state index in [1.54, 1.807) is 0 Å². The minimum atomic E-state index is -0.161. The maximum absolute atomic E-state index is 9.24. The van der Waals surface area contributed by atoms with Crippen LogP contribution in [0.1, 0.15) is 40.5 Å². The zero-order valence-corrected chi connectivity index (χ0v) is 9.58. The molecule has 1 unspecified atom stereocenters. The molecule has 0 aromatic carbocycles. The molecule has 0 spiro atoms. The molecule has 0 saturated heterocycles. The van der Waals surface area contributed by atoms with Crippen LogP contribution in [0.15, 0.2) is 0 Å². The van der Waals surface area contributed by atoms with Gasteiger partial charge in [0.25, 0.3) is 0 Å². The SMILES string of the molecule is CCSCCC(C)(C)CC(C)O. The van der Waals surface area contributed by atoms with E-state index in [-0.39, 0.29) is 6.10 Å². The topological polar surface area (TPSA) is 20.2 Å². The van der Waals surface area contributed by atoms with Gasteiger partial charge in [-0.2, -0.15) is 11.8 Å². The summed E-state index contributed by atoms with van der Waals surface area (Å²) in [6.07, 6.45) is 1.96. The molecule has 0 bridgehead atoms. The van der Waals surface area contributed by atoms with Crippen LogP contribution in [-0.2, 0) is 0 Å². The Labute approximate surface area is 80.9 Å². The molecule has 1 nitrogen and oxygen atoms in total. The smallest absolute Gasteiger partial charge is 0.0517 e. The second-order valence-electron chi connectivity index (χ2n) is 4.16. The van der Waals surface area contributed by atoms with Crippen molar-refractivity contribution in [2.24, 2.45) is 5.41 Å². The Morgan fingerprint density at radius 1 is 1.42 bits per heavy atom. The lowest BCUT2D eigenvalue weighted by molar-refractivity contribution is 0.128. The monoisotopic (exact) mass is 190 g/mol. The largest absolute Gasteiger partial charge is 0.393 e. The van der Waals surface area contributed by atoms with Gasteiger partial charge in [-0.05, 0) is 36.7 Å². The molecule has 0 radical (unpaired) electrons. The zero-order valence-electron chi connectivity index (χ0n) is 8.76. The molecule has 0 aliphatic heterocycles. The predicted molar refractivity (Wildman–Crippen MR) is 57.7 cm³/mol. The number of thioether (sulfide) groups is 1. The normalized spacial score (nSPS) is 14.8. The van der Waals surface area contributed by atoms with Gasteiger partial charge in [0, 0.05) is 0 Å². The van der Waals surface area contributed by atoms with Gasteiger partial charge in [0.1, 0.15) is 0 Å². The summed E-state index contributed by atoms with van der Waals surface area (Å²) in [5, 5.41) is 9.24. The summed E-state index contributed by atoms with van der Waals surface area (Å²) in [4.78, 5) is 0. The Bertz CT molecular complexity index is 110. The van der Waals surface area contributed by atoms with E-state index in [1.165, 1.54) is 17.9 Å². The van der Waals surface area contributed by atoms with E-state index in [0.29, 0.717) is 5.41 Å². The van der Waals surface area contributed by atoms with Gasteiger partial charge in [0.2, 0.25) is 0 Å². The fraction of sp³-hybridized carbons (Fsp3) is 1.00. The summed E-state index contributed by atoms with van der Waals surface area (Å²) in [5.41, 5.74) is 0.302. The molecule has 0 amide bonds. The lowest BCUT2D eigenvalue weighted by atomic mass is 9.84. The summed E-state index contributed by atoms with van der Waals surface area (Å²) in [6, 6.07) is 0. The lowest BCUT2D eigenvalue weighted by Crippen LogP contribution is -2.19. The highest BCUT2D eigenvalue weighted by Gasteiger charge is 2.19. The maximum atomic E-state index is 9.24. The van der Waals surface area contributed by atoms with E-state index in [2.05, 4.69) is 20.8 Å². The van der Waals surface area contributed by atoms with Crippen LogP contribution in [0, 0.1) is 5.41 Å². The molecule has 0 saturated carbocycles. The Morgan fingerprint density at radius 2 is 2.00 bits per heavy atom.